The number of amides is 1. The third kappa shape index (κ3) is 4.39. The molecule has 1 fully saturated rings. The minimum atomic E-state index is -0.291. The molecule has 0 unspecified atom stereocenters. The average molecular weight is 364 g/mol. The van der Waals surface area contributed by atoms with Crippen LogP contribution >= 0.6 is 0 Å². The van der Waals surface area contributed by atoms with E-state index >= 15 is 0 Å². The highest BCUT2D eigenvalue weighted by molar-refractivity contribution is 5.91. The molecule has 27 heavy (non-hydrogen) atoms. The predicted molar refractivity (Wildman–Crippen MR) is 99.4 cm³/mol. The first-order chi connectivity index (χ1) is 13.2. The van der Waals surface area contributed by atoms with Crippen molar-refractivity contribution in [2.75, 3.05) is 6.54 Å². The lowest BCUT2D eigenvalue weighted by atomic mass is 10.2. The average Bonchev–Trinajstić information content (AvgIpc) is 3.38. The normalized spacial score (nSPS) is 13.5. The summed E-state index contributed by atoms with van der Waals surface area (Å²) < 4.78 is 15.3. The second kappa shape index (κ2) is 7.70. The fraction of sp³-hybridized carbons (Fsp3) is 0.286. The molecule has 0 N–H and O–H groups in total. The maximum Gasteiger partial charge on any atom is 0.276 e. The highest BCUT2D eigenvalue weighted by Gasteiger charge is 2.28. The van der Waals surface area contributed by atoms with Gasteiger partial charge >= 0.3 is 0 Å². The Morgan fingerprint density at radius 3 is 2.59 bits per heavy atom. The van der Waals surface area contributed by atoms with Crippen LogP contribution in [-0.2, 0) is 13.1 Å². The summed E-state index contributed by atoms with van der Waals surface area (Å²) in [6, 6.07) is 16.5. The van der Waals surface area contributed by atoms with Crippen LogP contribution in [0.1, 0.15) is 34.5 Å². The molecule has 6 heteroatoms. The van der Waals surface area contributed by atoms with Gasteiger partial charge in [0.25, 0.3) is 5.91 Å². The van der Waals surface area contributed by atoms with Crippen molar-refractivity contribution < 1.29 is 9.18 Å². The first-order valence-electron chi connectivity index (χ1n) is 9.16. The molecule has 1 aliphatic rings. The third-order valence-corrected chi connectivity index (χ3v) is 4.73. The van der Waals surface area contributed by atoms with E-state index in [0.29, 0.717) is 23.7 Å². The largest absolute Gasteiger partial charge is 0.333 e. The molecule has 0 saturated heterocycles. The number of rotatable bonds is 7. The molecule has 1 aromatic heterocycles. The molecule has 3 aromatic rings. The predicted octanol–water partition coefficient (Wildman–Crippen LogP) is 3.52. The molecular weight excluding hydrogens is 343 g/mol. The minimum absolute atomic E-state index is 0.134. The topological polar surface area (TPSA) is 51.0 Å². The molecule has 0 bridgehead atoms. The number of carbonyl (C=O) groups is 1. The number of hydrogen-bond donors (Lipinski definition) is 0. The van der Waals surface area contributed by atoms with Crippen molar-refractivity contribution >= 4 is 5.91 Å². The molecule has 0 radical (unpaired) electrons. The van der Waals surface area contributed by atoms with E-state index in [1.807, 2.05) is 35.2 Å². The van der Waals surface area contributed by atoms with Crippen LogP contribution in [0.3, 0.4) is 0 Å². The Bertz CT molecular complexity index is 921. The molecule has 138 valence electrons. The van der Waals surface area contributed by atoms with Crippen LogP contribution in [0.5, 0.6) is 0 Å². The Labute approximate surface area is 157 Å². The quantitative estimate of drug-likeness (QED) is 0.645. The third-order valence-electron chi connectivity index (χ3n) is 4.73. The molecular formula is C21H21FN4O. The van der Waals surface area contributed by atoms with Gasteiger partial charge in [-0.3, -0.25) is 4.79 Å². The van der Waals surface area contributed by atoms with Crippen molar-refractivity contribution in [3.05, 3.63) is 83.4 Å². The summed E-state index contributed by atoms with van der Waals surface area (Å²) in [6.07, 6.45) is 3.93. The molecule has 2 aromatic carbocycles. The van der Waals surface area contributed by atoms with Crippen LogP contribution in [0.2, 0.25) is 0 Å². The van der Waals surface area contributed by atoms with E-state index in [-0.39, 0.29) is 18.3 Å². The SMILES string of the molecule is O=C(c1cn(Cc2ccccc2F)nn1)N(Cc1ccccc1)CC1CC1. The molecule has 1 aliphatic carbocycles. The number of nitrogens with zero attached hydrogens (tertiary/aromatic N) is 4. The summed E-state index contributed by atoms with van der Waals surface area (Å²) in [6.45, 7) is 1.53. The maximum absolute atomic E-state index is 13.8. The molecule has 0 spiro atoms. The Morgan fingerprint density at radius 2 is 1.85 bits per heavy atom. The van der Waals surface area contributed by atoms with Crippen LogP contribution in [0.4, 0.5) is 4.39 Å². The van der Waals surface area contributed by atoms with Gasteiger partial charge in [0, 0.05) is 18.7 Å². The van der Waals surface area contributed by atoms with Gasteiger partial charge in [-0.15, -0.1) is 5.10 Å². The standard InChI is InChI=1S/C21H21FN4O/c22-19-9-5-4-8-18(19)14-26-15-20(23-24-26)21(27)25(13-17-10-11-17)12-16-6-2-1-3-7-16/h1-9,15,17H,10-14H2. The van der Waals surface area contributed by atoms with Gasteiger partial charge in [0.1, 0.15) is 5.82 Å². The van der Waals surface area contributed by atoms with Gasteiger partial charge in [-0.25, -0.2) is 9.07 Å². The van der Waals surface area contributed by atoms with Crippen LogP contribution in [0.25, 0.3) is 0 Å². The van der Waals surface area contributed by atoms with Gasteiger partial charge in [0.15, 0.2) is 5.69 Å². The lowest BCUT2D eigenvalue weighted by molar-refractivity contribution is 0.0729. The highest BCUT2D eigenvalue weighted by atomic mass is 19.1. The van der Waals surface area contributed by atoms with Crippen LogP contribution in [-0.4, -0.2) is 32.3 Å². The van der Waals surface area contributed by atoms with E-state index in [2.05, 4.69) is 10.3 Å². The van der Waals surface area contributed by atoms with Crippen molar-refractivity contribution in [2.45, 2.75) is 25.9 Å². The smallest absolute Gasteiger partial charge is 0.276 e. The van der Waals surface area contributed by atoms with Gasteiger partial charge in [-0.05, 0) is 30.4 Å². The fourth-order valence-corrected chi connectivity index (χ4v) is 3.07. The molecule has 1 amide bonds. The molecule has 0 atom stereocenters. The van der Waals surface area contributed by atoms with E-state index < -0.39 is 0 Å². The second-order valence-electron chi connectivity index (χ2n) is 7.01. The zero-order valence-electron chi connectivity index (χ0n) is 15.0. The molecule has 4 rings (SSSR count). The molecule has 1 heterocycles. The summed E-state index contributed by atoms with van der Waals surface area (Å²) in [5, 5.41) is 8.04. The van der Waals surface area contributed by atoms with Crippen molar-refractivity contribution in [2.24, 2.45) is 5.92 Å². The zero-order valence-corrected chi connectivity index (χ0v) is 15.0. The number of halogens is 1. The minimum Gasteiger partial charge on any atom is -0.333 e. The molecule has 1 saturated carbocycles. The first-order valence-corrected chi connectivity index (χ1v) is 9.16. The Morgan fingerprint density at radius 1 is 1.11 bits per heavy atom. The zero-order chi connectivity index (χ0) is 18.6. The molecule has 5 nitrogen and oxygen atoms in total. The van der Waals surface area contributed by atoms with Crippen molar-refractivity contribution in [3.63, 3.8) is 0 Å². The number of aromatic nitrogens is 3. The van der Waals surface area contributed by atoms with Crippen molar-refractivity contribution in [1.29, 1.82) is 0 Å². The summed E-state index contributed by atoms with van der Waals surface area (Å²) in [7, 11) is 0. The van der Waals surface area contributed by atoms with E-state index in [1.165, 1.54) is 23.6 Å². The lowest BCUT2D eigenvalue weighted by Crippen LogP contribution is -2.32. The Balaban J connectivity index is 1.49. The number of hydrogen-bond acceptors (Lipinski definition) is 3. The van der Waals surface area contributed by atoms with E-state index in [4.69, 9.17) is 0 Å². The van der Waals surface area contributed by atoms with Crippen LogP contribution in [0, 0.1) is 11.7 Å². The van der Waals surface area contributed by atoms with Crippen LogP contribution in [0.15, 0.2) is 60.8 Å². The van der Waals surface area contributed by atoms with Crippen molar-refractivity contribution in [3.8, 4) is 0 Å². The summed E-state index contributed by atoms with van der Waals surface area (Å²) in [4.78, 5) is 14.8. The Hall–Kier alpha value is -3.02. The van der Waals surface area contributed by atoms with E-state index in [1.54, 1.807) is 24.4 Å². The van der Waals surface area contributed by atoms with Crippen molar-refractivity contribution in [1.82, 2.24) is 19.9 Å². The molecule has 0 aliphatic heterocycles. The summed E-state index contributed by atoms with van der Waals surface area (Å²) >= 11 is 0. The highest BCUT2D eigenvalue weighted by Crippen LogP contribution is 2.30. The van der Waals surface area contributed by atoms with E-state index in [0.717, 1.165) is 12.1 Å². The van der Waals surface area contributed by atoms with Gasteiger partial charge in [0.2, 0.25) is 0 Å². The maximum atomic E-state index is 13.8. The van der Waals surface area contributed by atoms with E-state index in [9.17, 15) is 9.18 Å². The monoisotopic (exact) mass is 364 g/mol. The van der Waals surface area contributed by atoms with Gasteiger partial charge < -0.3 is 4.90 Å². The lowest BCUT2D eigenvalue weighted by Gasteiger charge is -2.21. The van der Waals surface area contributed by atoms with Gasteiger partial charge in [0.05, 0.1) is 12.7 Å². The fourth-order valence-electron chi connectivity index (χ4n) is 3.07. The number of carbonyl (C=O) groups excluding carboxylic acids is 1. The number of benzene rings is 2. The summed E-state index contributed by atoms with van der Waals surface area (Å²) in [5.41, 5.74) is 1.90. The first kappa shape index (κ1) is 17.4. The van der Waals surface area contributed by atoms with Gasteiger partial charge in [-0.1, -0.05) is 53.7 Å². The summed E-state index contributed by atoms with van der Waals surface area (Å²) in [5.74, 6) is 0.150. The Kier molecular flexibility index (Phi) is 4.96. The van der Waals surface area contributed by atoms with Crippen LogP contribution < -0.4 is 0 Å². The second-order valence-corrected chi connectivity index (χ2v) is 7.01. The van der Waals surface area contributed by atoms with Gasteiger partial charge in [-0.2, -0.15) is 0 Å².